The largest absolute Gasteiger partial charge is 0.339 e. The van der Waals surface area contributed by atoms with Gasteiger partial charge in [-0.2, -0.15) is 0 Å². The molecule has 0 saturated carbocycles. The quantitative estimate of drug-likeness (QED) is 0.614. The van der Waals surface area contributed by atoms with Gasteiger partial charge in [0.1, 0.15) is 11.4 Å². The molecule has 32 heavy (non-hydrogen) atoms. The zero-order chi connectivity index (χ0) is 22.9. The maximum atomic E-state index is 12.6. The number of amides is 2. The topological polar surface area (TPSA) is 86.8 Å². The molecular weight excluding hydrogens is 426 g/mol. The SMILES string of the molecule is CC(C)N(c1ccccc1)c1ccc(NC(=O)CN2C(=O)c3ccccc3S2(=O)=O)cc1. The summed E-state index contributed by atoms with van der Waals surface area (Å²) in [5.41, 5.74) is 2.60. The second-order valence-electron chi connectivity index (χ2n) is 7.71. The van der Waals surface area contributed by atoms with Gasteiger partial charge in [0, 0.05) is 23.1 Å². The molecule has 2 amide bonds. The average molecular weight is 450 g/mol. The summed E-state index contributed by atoms with van der Waals surface area (Å²) in [5.74, 6) is -1.28. The van der Waals surface area contributed by atoms with Crippen LogP contribution in [0.3, 0.4) is 0 Å². The van der Waals surface area contributed by atoms with Crippen molar-refractivity contribution < 1.29 is 18.0 Å². The molecule has 0 aliphatic carbocycles. The van der Waals surface area contributed by atoms with Crippen LogP contribution in [0, 0.1) is 0 Å². The molecule has 164 valence electrons. The number of anilines is 3. The zero-order valence-electron chi connectivity index (χ0n) is 17.7. The van der Waals surface area contributed by atoms with Crippen LogP contribution < -0.4 is 10.2 Å². The molecule has 7 nitrogen and oxygen atoms in total. The molecule has 1 aliphatic rings. The Morgan fingerprint density at radius 2 is 1.50 bits per heavy atom. The van der Waals surface area contributed by atoms with Gasteiger partial charge in [0.15, 0.2) is 0 Å². The number of benzene rings is 3. The first-order valence-electron chi connectivity index (χ1n) is 10.2. The molecule has 3 aromatic carbocycles. The van der Waals surface area contributed by atoms with Crippen LogP contribution >= 0.6 is 0 Å². The van der Waals surface area contributed by atoms with Crippen LogP contribution in [0.4, 0.5) is 17.1 Å². The lowest BCUT2D eigenvalue weighted by atomic mass is 10.2. The van der Waals surface area contributed by atoms with Crippen molar-refractivity contribution in [3.63, 3.8) is 0 Å². The maximum Gasteiger partial charge on any atom is 0.269 e. The van der Waals surface area contributed by atoms with Gasteiger partial charge in [-0.05, 0) is 62.4 Å². The molecule has 0 fully saturated rings. The van der Waals surface area contributed by atoms with Gasteiger partial charge in [0.25, 0.3) is 15.9 Å². The Kier molecular flexibility index (Phi) is 5.71. The number of sulfonamides is 1. The van der Waals surface area contributed by atoms with Crippen molar-refractivity contribution in [1.82, 2.24) is 4.31 Å². The van der Waals surface area contributed by atoms with Crippen molar-refractivity contribution >= 4 is 38.9 Å². The van der Waals surface area contributed by atoms with Gasteiger partial charge in [0.2, 0.25) is 5.91 Å². The van der Waals surface area contributed by atoms with Crippen LogP contribution in [0.15, 0.2) is 83.8 Å². The first-order chi connectivity index (χ1) is 15.3. The van der Waals surface area contributed by atoms with E-state index in [9.17, 15) is 18.0 Å². The van der Waals surface area contributed by atoms with E-state index in [1.165, 1.54) is 12.1 Å². The minimum absolute atomic E-state index is 0.0724. The second kappa shape index (κ2) is 8.47. The third-order valence-corrected chi connectivity index (χ3v) is 6.97. The van der Waals surface area contributed by atoms with Crippen molar-refractivity contribution in [1.29, 1.82) is 0 Å². The van der Waals surface area contributed by atoms with E-state index in [-0.39, 0.29) is 16.5 Å². The highest BCUT2D eigenvalue weighted by Gasteiger charge is 2.41. The van der Waals surface area contributed by atoms with Crippen LogP contribution in [0.25, 0.3) is 0 Å². The number of para-hydroxylation sites is 1. The summed E-state index contributed by atoms with van der Waals surface area (Å²) in [7, 11) is -4.02. The molecule has 4 rings (SSSR count). The van der Waals surface area contributed by atoms with E-state index in [2.05, 4.69) is 24.1 Å². The van der Waals surface area contributed by atoms with Gasteiger partial charge < -0.3 is 10.2 Å². The lowest BCUT2D eigenvalue weighted by Gasteiger charge is -2.29. The van der Waals surface area contributed by atoms with E-state index >= 15 is 0 Å². The first-order valence-corrected chi connectivity index (χ1v) is 11.6. The molecule has 0 unspecified atom stereocenters. The summed E-state index contributed by atoms with van der Waals surface area (Å²) in [5, 5.41) is 2.67. The fourth-order valence-corrected chi connectivity index (χ4v) is 5.28. The smallest absolute Gasteiger partial charge is 0.269 e. The lowest BCUT2D eigenvalue weighted by Crippen LogP contribution is -2.37. The lowest BCUT2D eigenvalue weighted by molar-refractivity contribution is -0.116. The van der Waals surface area contributed by atoms with Crippen molar-refractivity contribution in [2.24, 2.45) is 0 Å². The molecule has 1 heterocycles. The van der Waals surface area contributed by atoms with E-state index in [1.807, 2.05) is 42.5 Å². The summed E-state index contributed by atoms with van der Waals surface area (Å²) >= 11 is 0. The van der Waals surface area contributed by atoms with Crippen LogP contribution in [-0.2, 0) is 14.8 Å². The van der Waals surface area contributed by atoms with Gasteiger partial charge in [-0.1, -0.05) is 30.3 Å². The third kappa shape index (κ3) is 3.97. The van der Waals surface area contributed by atoms with Gasteiger partial charge in [-0.3, -0.25) is 9.59 Å². The monoisotopic (exact) mass is 449 g/mol. The molecule has 0 radical (unpaired) electrons. The molecule has 0 atom stereocenters. The predicted octanol–water partition coefficient (Wildman–Crippen LogP) is 4.02. The summed E-state index contributed by atoms with van der Waals surface area (Å²) in [6, 6.07) is 23.4. The fraction of sp³-hybridized carbons (Fsp3) is 0.167. The number of carbonyl (C=O) groups is 2. The minimum atomic E-state index is -4.02. The van der Waals surface area contributed by atoms with Crippen molar-refractivity contribution in [2.45, 2.75) is 24.8 Å². The van der Waals surface area contributed by atoms with Gasteiger partial charge in [-0.25, -0.2) is 12.7 Å². The summed E-state index contributed by atoms with van der Waals surface area (Å²) < 4.78 is 25.8. The molecule has 3 aromatic rings. The number of nitrogens with one attached hydrogen (secondary N) is 1. The Bertz CT molecular complexity index is 1260. The number of nitrogens with zero attached hydrogens (tertiary/aromatic N) is 2. The molecular formula is C24H23N3O4S. The van der Waals surface area contributed by atoms with Gasteiger partial charge in [-0.15, -0.1) is 0 Å². The number of hydrogen-bond acceptors (Lipinski definition) is 5. The molecule has 1 N–H and O–H groups in total. The highest BCUT2D eigenvalue weighted by Crippen LogP contribution is 2.30. The van der Waals surface area contributed by atoms with Crippen LogP contribution in [0.1, 0.15) is 24.2 Å². The number of hydrogen-bond donors (Lipinski definition) is 1. The normalized spacial score (nSPS) is 14.3. The minimum Gasteiger partial charge on any atom is -0.339 e. The highest BCUT2D eigenvalue weighted by molar-refractivity contribution is 7.90. The van der Waals surface area contributed by atoms with Crippen LogP contribution in [-0.4, -0.2) is 37.1 Å². The van der Waals surface area contributed by atoms with Crippen LogP contribution in [0.2, 0.25) is 0 Å². The summed E-state index contributed by atoms with van der Waals surface area (Å²) in [4.78, 5) is 27.1. The second-order valence-corrected chi connectivity index (χ2v) is 9.54. The van der Waals surface area contributed by atoms with E-state index in [1.54, 1.807) is 24.3 Å². The number of rotatable bonds is 6. The Morgan fingerprint density at radius 1 is 0.906 bits per heavy atom. The average Bonchev–Trinajstić information content (AvgIpc) is 2.96. The van der Waals surface area contributed by atoms with Crippen molar-refractivity contribution in [2.75, 3.05) is 16.8 Å². The Balaban J connectivity index is 1.47. The molecule has 8 heteroatoms. The van der Waals surface area contributed by atoms with E-state index in [0.717, 1.165) is 11.4 Å². The Morgan fingerprint density at radius 3 is 2.12 bits per heavy atom. The highest BCUT2D eigenvalue weighted by atomic mass is 32.2. The Hall–Kier alpha value is -3.65. The predicted molar refractivity (Wildman–Crippen MR) is 123 cm³/mol. The fourth-order valence-electron chi connectivity index (χ4n) is 3.76. The Labute approximate surface area is 187 Å². The molecule has 0 spiro atoms. The summed E-state index contributed by atoms with van der Waals surface area (Å²) in [6.45, 7) is 3.60. The van der Waals surface area contributed by atoms with E-state index in [4.69, 9.17) is 0 Å². The third-order valence-electron chi connectivity index (χ3n) is 5.18. The van der Waals surface area contributed by atoms with E-state index < -0.39 is 28.4 Å². The first kappa shape index (κ1) is 21.6. The zero-order valence-corrected chi connectivity index (χ0v) is 18.5. The number of carbonyl (C=O) groups excluding carboxylic acids is 2. The van der Waals surface area contributed by atoms with Crippen molar-refractivity contribution in [3.8, 4) is 0 Å². The molecule has 0 saturated heterocycles. The van der Waals surface area contributed by atoms with Gasteiger partial charge >= 0.3 is 0 Å². The maximum absolute atomic E-state index is 12.6. The number of fused-ring (bicyclic) bond motifs is 1. The summed E-state index contributed by atoms with van der Waals surface area (Å²) in [6.07, 6.45) is 0. The van der Waals surface area contributed by atoms with Crippen LogP contribution in [0.5, 0.6) is 0 Å². The van der Waals surface area contributed by atoms with Gasteiger partial charge in [0.05, 0.1) is 5.56 Å². The molecule has 1 aliphatic heterocycles. The molecule has 0 bridgehead atoms. The van der Waals surface area contributed by atoms with E-state index in [0.29, 0.717) is 9.99 Å². The standard InChI is InChI=1S/C24H23N3O4S/c1-17(2)27(19-8-4-3-5-9-19)20-14-12-18(13-15-20)25-23(28)16-26-24(29)21-10-6-7-11-22(21)32(26,30)31/h3-15,17H,16H2,1-2H3,(H,25,28). The molecule has 0 aromatic heterocycles. The van der Waals surface area contributed by atoms with Crippen molar-refractivity contribution in [3.05, 3.63) is 84.4 Å².